The molecule has 1 aliphatic rings. The van der Waals surface area contributed by atoms with Crippen molar-refractivity contribution in [1.82, 2.24) is 5.32 Å². The molecule has 1 unspecified atom stereocenters. The number of carbonyl (C=O) groups is 2. The molecule has 0 heterocycles. The standard InChI is InChI=1S/C23H35ClN2O4/c1-14-19(22(28)29-6)11-17(24)12-20(14)26-15(2)16-7-9-18(10-8-16)25-13-21(27)30-23(3,4)5/h11-12,15-16,18,25-26H,7-10,13H2,1-6H3. The van der Waals surface area contributed by atoms with Crippen LogP contribution >= 0.6 is 11.6 Å². The second-order valence-corrected chi connectivity index (χ2v) is 9.57. The minimum atomic E-state index is -0.455. The van der Waals surface area contributed by atoms with E-state index in [-0.39, 0.29) is 24.5 Å². The van der Waals surface area contributed by atoms with Crippen molar-refractivity contribution < 1.29 is 19.1 Å². The van der Waals surface area contributed by atoms with Gasteiger partial charge in [-0.15, -0.1) is 0 Å². The predicted octanol–water partition coefficient (Wildman–Crippen LogP) is 4.73. The second kappa shape index (κ2) is 10.5. The number of halogens is 1. The van der Waals surface area contributed by atoms with Gasteiger partial charge in [-0.1, -0.05) is 11.6 Å². The molecule has 1 saturated carbocycles. The van der Waals surface area contributed by atoms with E-state index in [4.69, 9.17) is 21.1 Å². The molecule has 0 amide bonds. The van der Waals surface area contributed by atoms with E-state index in [1.807, 2.05) is 33.8 Å². The highest BCUT2D eigenvalue weighted by Crippen LogP contribution is 2.31. The van der Waals surface area contributed by atoms with Gasteiger partial charge in [-0.2, -0.15) is 0 Å². The number of hydrogen-bond donors (Lipinski definition) is 2. The summed E-state index contributed by atoms with van der Waals surface area (Å²) in [5.74, 6) is -0.0932. The van der Waals surface area contributed by atoms with Crippen molar-refractivity contribution in [2.75, 3.05) is 19.0 Å². The van der Waals surface area contributed by atoms with Crippen LogP contribution in [0.25, 0.3) is 0 Å². The summed E-state index contributed by atoms with van der Waals surface area (Å²) in [4.78, 5) is 23.9. The van der Waals surface area contributed by atoms with Crippen molar-refractivity contribution in [3.8, 4) is 0 Å². The van der Waals surface area contributed by atoms with Gasteiger partial charge in [0.15, 0.2) is 0 Å². The Morgan fingerprint density at radius 1 is 1.20 bits per heavy atom. The van der Waals surface area contributed by atoms with Gasteiger partial charge < -0.3 is 20.1 Å². The molecule has 0 radical (unpaired) electrons. The number of ether oxygens (including phenoxy) is 2. The number of nitrogens with one attached hydrogen (secondary N) is 2. The van der Waals surface area contributed by atoms with E-state index in [2.05, 4.69) is 17.6 Å². The fourth-order valence-electron chi connectivity index (χ4n) is 3.94. The molecule has 0 saturated heterocycles. The molecule has 0 bridgehead atoms. The molecule has 30 heavy (non-hydrogen) atoms. The lowest BCUT2D eigenvalue weighted by atomic mass is 9.82. The number of methoxy groups -OCH3 is 1. The maximum atomic E-state index is 12.0. The van der Waals surface area contributed by atoms with Crippen LogP contribution in [0.2, 0.25) is 5.02 Å². The summed E-state index contributed by atoms with van der Waals surface area (Å²) in [5.41, 5.74) is 1.73. The van der Waals surface area contributed by atoms with Gasteiger partial charge in [0.05, 0.1) is 19.2 Å². The molecule has 7 heteroatoms. The van der Waals surface area contributed by atoms with Gasteiger partial charge in [0.25, 0.3) is 0 Å². The van der Waals surface area contributed by atoms with E-state index in [9.17, 15) is 9.59 Å². The van der Waals surface area contributed by atoms with Crippen molar-refractivity contribution in [2.24, 2.45) is 5.92 Å². The first-order valence-corrected chi connectivity index (χ1v) is 11.0. The molecule has 6 nitrogen and oxygen atoms in total. The van der Waals surface area contributed by atoms with Crippen LogP contribution in [0.4, 0.5) is 5.69 Å². The highest BCUT2D eigenvalue weighted by atomic mass is 35.5. The quantitative estimate of drug-likeness (QED) is 0.599. The largest absolute Gasteiger partial charge is 0.465 e. The Hall–Kier alpha value is -1.79. The lowest BCUT2D eigenvalue weighted by Gasteiger charge is -2.34. The van der Waals surface area contributed by atoms with Gasteiger partial charge in [0.1, 0.15) is 5.60 Å². The average molecular weight is 439 g/mol. The van der Waals surface area contributed by atoms with Crippen LogP contribution < -0.4 is 10.6 Å². The Balaban J connectivity index is 1.88. The van der Waals surface area contributed by atoms with Crippen molar-refractivity contribution >= 4 is 29.2 Å². The summed E-state index contributed by atoms with van der Waals surface area (Å²) in [6, 6.07) is 4.06. The Bertz CT molecular complexity index is 752. The van der Waals surface area contributed by atoms with Crippen LogP contribution in [-0.4, -0.2) is 43.3 Å². The van der Waals surface area contributed by atoms with Crippen LogP contribution in [0.15, 0.2) is 12.1 Å². The van der Waals surface area contributed by atoms with E-state index in [0.29, 0.717) is 22.5 Å². The number of esters is 2. The first kappa shape index (κ1) is 24.5. The molecule has 168 valence electrons. The highest BCUT2D eigenvalue weighted by molar-refractivity contribution is 6.31. The number of hydrogen-bond acceptors (Lipinski definition) is 6. The summed E-state index contributed by atoms with van der Waals surface area (Å²) in [6.07, 6.45) is 4.15. The molecule has 0 aromatic heterocycles. The summed E-state index contributed by atoms with van der Waals surface area (Å²) in [7, 11) is 1.37. The van der Waals surface area contributed by atoms with E-state index in [1.165, 1.54) is 7.11 Å². The van der Waals surface area contributed by atoms with Crippen LogP contribution in [0.3, 0.4) is 0 Å². The average Bonchev–Trinajstić information content (AvgIpc) is 2.67. The maximum absolute atomic E-state index is 12.0. The summed E-state index contributed by atoms with van der Waals surface area (Å²) in [5, 5.41) is 7.38. The third-order valence-electron chi connectivity index (χ3n) is 5.59. The monoisotopic (exact) mass is 438 g/mol. The number of benzene rings is 1. The fourth-order valence-corrected chi connectivity index (χ4v) is 4.16. The van der Waals surface area contributed by atoms with Crippen molar-refractivity contribution in [3.63, 3.8) is 0 Å². The Labute approximate surface area is 185 Å². The van der Waals surface area contributed by atoms with Gasteiger partial charge in [-0.05, 0) is 83.9 Å². The Kier molecular flexibility index (Phi) is 8.56. The minimum absolute atomic E-state index is 0.211. The normalized spacial score (nSPS) is 20.4. The summed E-state index contributed by atoms with van der Waals surface area (Å²) >= 11 is 6.22. The predicted molar refractivity (Wildman–Crippen MR) is 120 cm³/mol. The lowest BCUT2D eigenvalue weighted by molar-refractivity contribution is -0.153. The summed E-state index contributed by atoms with van der Waals surface area (Å²) < 4.78 is 10.2. The van der Waals surface area contributed by atoms with Gasteiger partial charge in [0.2, 0.25) is 0 Å². The summed E-state index contributed by atoms with van der Waals surface area (Å²) in [6.45, 7) is 9.94. The third-order valence-corrected chi connectivity index (χ3v) is 5.81. The molecule has 2 rings (SSSR count). The van der Waals surface area contributed by atoms with Crippen LogP contribution in [0.1, 0.15) is 69.3 Å². The first-order chi connectivity index (χ1) is 14.0. The van der Waals surface area contributed by atoms with E-state index >= 15 is 0 Å². The van der Waals surface area contributed by atoms with Gasteiger partial charge in [-0.25, -0.2) is 4.79 Å². The lowest BCUT2D eigenvalue weighted by Crippen LogP contribution is -2.41. The second-order valence-electron chi connectivity index (χ2n) is 9.13. The Morgan fingerprint density at radius 2 is 1.83 bits per heavy atom. The van der Waals surface area contributed by atoms with E-state index in [1.54, 1.807) is 6.07 Å². The maximum Gasteiger partial charge on any atom is 0.338 e. The zero-order chi connectivity index (χ0) is 22.5. The number of anilines is 1. The van der Waals surface area contributed by atoms with Gasteiger partial charge in [-0.3, -0.25) is 4.79 Å². The van der Waals surface area contributed by atoms with Crippen molar-refractivity contribution in [1.29, 1.82) is 0 Å². The zero-order valence-electron chi connectivity index (χ0n) is 18.9. The molecule has 1 aromatic rings. The molecule has 1 fully saturated rings. The van der Waals surface area contributed by atoms with E-state index < -0.39 is 5.60 Å². The number of rotatable bonds is 7. The SMILES string of the molecule is COC(=O)c1cc(Cl)cc(NC(C)C2CCC(NCC(=O)OC(C)(C)C)CC2)c1C. The number of carbonyl (C=O) groups excluding carboxylic acids is 2. The zero-order valence-corrected chi connectivity index (χ0v) is 19.7. The topological polar surface area (TPSA) is 76.7 Å². The first-order valence-electron chi connectivity index (χ1n) is 10.6. The molecule has 1 aromatic carbocycles. The van der Waals surface area contributed by atoms with Crippen molar-refractivity contribution in [3.05, 3.63) is 28.3 Å². The van der Waals surface area contributed by atoms with E-state index in [0.717, 1.165) is 36.9 Å². The molecule has 1 aliphatic carbocycles. The minimum Gasteiger partial charge on any atom is -0.465 e. The highest BCUT2D eigenvalue weighted by Gasteiger charge is 2.27. The van der Waals surface area contributed by atoms with Crippen LogP contribution in [0, 0.1) is 12.8 Å². The molecular weight excluding hydrogens is 404 g/mol. The smallest absolute Gasteiger partial charge is 0.338 e. The Morgan fingerprint density at radius 3 is 2.40 bits per heavy atom. The van der Waals surface area contributed by atoms with Gasteiger partial charge in [0, 0.05) is 22.8 Å². The van der Waals surface area contributed by atoms with Crippen molar-refractivity contribution in [2.45, 2.75) is 78.0 Å². The molecule has 0 aliphatic heterocycles. The van der Waals surface area contributed by atoms with Crippen LogP contribution in [-0.2, 0) is 14.3 Å². The van der Waals surface area contributed by atoms with Gasteiger partial charge >= 0.3 is 11.9 Å². The van der Waals surface area contributed by atoms with Crippen LogP contribution in [0.5, 0.6) is 0 Å². The third kappa shape index (κ3) is 7.17. The fraction of sp³-hybridized carbons (Fsp3) is 0.652. The molecule has 2 N–H and O–H groups in total. The molecular formula is C23H35ClN2O4. The molecule has 1 atom stereocenters. The molecule has 0 spiro atoms.